The van der Waals surface area contributed by atoms with Crippen molar-refractivity contribution in [1.29, 1.82) is 0 Å². The van der Waals surface area contributed by atoms with E-state index in [-0.39, 0.29) is 5.69 Å². The Morgan fingerprint density at radius 1 is 0.926 bits per heavy atom. The molecule has 4 aromatic rings. The van der Waals surface area contributed by atoms with E-state index in [9.17, 15) is 10.1 Å². The van der Waals surface area contributed by atoms with Gasteiger partial charge in [-0.3, -0.25) is 14.5 Å². The van der Waals surface area contributed by atoms with Gasteiger partial charge < -0.3 is 5.32 Å². The number of fused-ring (bicyclic) bond motifs is 1. The van der Waals surface area contributed by atoms with E-state index in [2.05, 4.69) is 5.32 Å². The van der Waals surface area contributed by atoms with Gasteiger partial charge >= 0.3 is 0 Å². The number of nitro groups is 1. The molecular weight excluding hydrogens is 340 g/mol. The lowest BCUT2D eigenvalue weighted by Crippen LogP contribution is -1.97. The van der Waals surface area contributed by atoms with Gasteiger partial charge in [0.25, 0.3) is 5.69 Å². The fourth-order valence-electron chi connectivity index (χ4n) is 2.99. The van der Waals surface area contributed by atoms with Crippen LogP contribution in [0.5, 0.6) is 0 Å². The van der Waals surface area contributed by atoms with E-state index < -0.39 is 4.92 Å². The third-order valence-electron chi connectivity index (χ3n) is 4.43. The predicted molar refractivity (Wildman–Crippen MR) is 106 cm³/mol. The van der Waals surface area contributed by atoms with Gasteiger partial charge in [-0.1, -0.05) is 23.8 Å². The molecule has 6 nitrogen and oxygen atoms in total. The van der Waals surface area contributed by atoms with Crippen LogP contribution in [0.1, 0.15) is 11.1 Å². The minimum atomic E-state index is -0.401. The van der Waals surface area contributed by atoms with Crippen molar-refractivity contribution in [1.82, 2.24) is 9.38 Å². The van der Waals surface area contributed by atoms with Gasteiger partial charge in [-0.15, -0.1) is 0 Å². The first-order valence-corrected chi connectivity index (χ1v) is 8.58. The monoisotopic (exact) mass is 358 g/mol. The number of non-ortho nitro benzene ring substituents is 1. The summed E-state index contributed by atoms with van der Waals surface area (Å²) in [5.74, 6) is 0.825. The number of aryl methyl sites for hydroxylation is 2. The average molecular weight is 358 g/mol. The molecule has 0 radical (unpaired) electrons. The SMILES string of the molecule is Cc1ccc(Nc2c(-c3ccc([N+](=O)[O-])cc3)nc3ccc(C)cn23)cc1. The first-order valence-electron chi connectivity index (χ1n) is 8.58. The van der Waals surface area contributed by atoms with Crippen LogP contribution in [0.4, 0.5) is 17.2 Å². The Morgan fingerprint density at radius 3 is 2.26 bits per heavy atom. The van der Waals surface area contributed by atoms with E-state index in [4.69, 9.17) is 4.98 Å². The van der Waals surface area contributed by atoms with E-state index in [1.807, 2.05) is 60.8 Å². The third kappa shape index (κ3) is 3.25. The third-order valence-corrected chi connectivity index (χ3v) is 4.43. The van der Waals surface area contributed by atoms with Crippen LogP contribution in [-0.2, 0) is 0 Å². The lowest BCUT2D eigenvalue weighted by Gasteiger charge is -2.10. The quantitative estimate of drug-likeness (QED) is 0.398. The molecule has 0 bridgehead atoms. The molecule has 6 heteroatoms. The second kappa shape index (κ2) is 6.57. The molecule has 1 N–H and O–H groups in total. The number of anilines is 2. The lowest BCUT2D eigenvalue weighted by molar-refractivity contribution is -0.384. The highest BCUT2D eigenvalue weighted by Crippen LogP contribution is 2.32. The van der Waals surface area contributed by atoms with Crippen molar-refractivity contribution in [3.63, 3.8) is 0 Å². The van der Waals surface area contributed by atoms with Crippen molar-refractivity contribution >= 4 is 22.8 Å². The molecule has 0 aliphatic carbocycles. The molecule has 2 aromatic carbocycles. The number of aromatic nitrogens is 2. The van der Waals surface area contributed by atoms with Gasteiger partial charge in [-0.2, -0.15) is 0 Å². The molecular formula is C21H18N4O2. The van der Waals surface area contributed by atoms with E-state index >= 15 is 0 Å². The number of benzene rings is 2. The van der Waals surface area contributed by atoms with Gasteiger partial charge in [-0.25, -0.2) is 4.98 Å². The number of imidazole rings is 1. The Kier molecular flexibility index (Phi) is 4.08. The number of hydrogen-bond donors (Lipinski definition) is 1. The minimum Gasteiger partial charge on any atom is -0.339 e. The number of nitrogens with one attached hydrogen (secondary N) is 1. The minimum absolute atomic E-state index is 0.0615. The number of pyridine rings is 1. The van der Waals surface area contributed by atoms with E-state index in [0.717, 1.165) is 34.0 Å². The van der Waals surface area contributed by atoms with E-state index in [0.29, 0.717) is 0 Å². The summed E-state index contributed by atoms with van der Waals surface area (Å²) in [5.41, 5.74) is 5.68. The summed E-state index contributed by atoms with van der Waals surface area (Å²) in [6, 6.07) is 18.6. The van der Waals surface area contributed by atoms with E-state index in [1.165, 1.54) is 17.7 Å². The summed E-state index contributed by atoms with van der Waals surface area (Å²) in [6.45, 7) is 4.07. The van der Waals surface area contributed by atoms with Gasteiger partial charge in [-0.05, 0) is 49.7 Å². The molecule has 27 heavy (non-hydrogen) atoms. The first kappa shape index (κ1) is 16.8. The zero-order chi connectivity index (χ0) is 19.0. The van der Waals surface area contributed by atoms with Crippen molar-refractivity contribution < 1.29 is 4.92 Å². The Labute approximate surface area is 156 Å². The predicted octanol–water partition coefficient (Wildman–Crippen LogP) is 5.27. The molecule has 2 aromatic heterocycles. The van der Waals surface area contributed by atoms with Crippen molar-refractivity contribution in [3.8, 4) is 11.3 Å². The maximum atomic E-state index is 10.9. The van der Waals surface area contributed by atoms with Crippen LogP contribution >= 0.6 is 0 Å². The molecule has 0 fully saturated rings. The van der Waals surface area contributed by atoms with Crippen molar-refractivity contribution in [2.45, 2.75) is 13.8 Å². The van der Waals surface area contributed by atoms with Crippen LogP contribution in [-0.4, -0.2) is 14.3 Å². The fourth-order valence-corrected chi connectivity index (χ4v) is 2.99. The van der Waals surface area contributed by atoms with Gasteiger partial charge in [0.2, 0.25) is 0 Å². The second-order valence-electron chi connectivity index (χ2n) is 6.54. The second-order valence-corrected chi connectivity index (χ2v) is 6.54. The molecule has 0 aliphatic heterocycles. The standard InChI is InChI=1S/C21H18N4O2/c1-14-3-8-17(9-4-14)22-21-20(16-6-10-18(11-7-16)25(26)27)23-19-12-5-15(2)13-24(19)21/h3-13,22H,1-2H3. The zero-order valence-corrected chi connectivity index (χ0v) is 15.0. The number of rotatable bonds is 4. The summed E-state index contributed by atoms with van der Waals surface area (Å²) < 4.78 is 2.01. The number of nitro benzene ring substituents is 1. The molecule has 134 valence electrons. The molecule has 0 aliphatic rings. The summed E-state index contributed by atoms with van der Waals surface area (Å²) >= 11 is 0. The molecule has 0 spiro atoms. The largest absolute Gasteiger partial charge is 0.339 e. The maximum Gasteiger partial charge on any atom is 0.269 e. The van der Waals surface area contributed by atoms with Crippen LogP contribution < -0.4 is 5.32 Å². The molecule has 0 saturated carbocycles. The Morgan fingerprint density at radius 2 is 1.59 bits per heavy atom. The molecule has 0 amide bonds. The number of hydrogen-bond acceptors (Lipinski definition) is 4. The average Bonchev–Trinajstić information content (AvgIpc) is 3.01. The summed E-state index contributed by atoms with van der Waals surface area (Å²) in [7, 11) is 0. The van der Waals surface area contributed by atoms with Gasteiger partial charge in [0.15, 0.2) is 0 Å². The Bertz CT molecular complexity index is 1130. The zero-order valence-electron chi connectivity index (χ0n) is 15.0. The summed E-state index contributed by atoms with van der Waals surface area (Å²) in [4.78, 5) is 15.3. The van der Waals surface area contributed by atoms with Gasteiger partial charge in [0, 0.05) is 29.6 Å². The Hall–Kier alpha value is -3.67. The topological polar surface area (TPSA) is 72.5 Å². The normalized spacial score (nSPS) is 10.9. The van der Waals surface area contributed by atoms with Crippen LogP contribution in [0, 0.1) is 24.0 Å². The Balaban J connectivity index is 1.86. The maximum absolute atomic E-state index is 10.9. The highest BCUT2D eigenvalue weighted by Gasteiger charge is 2.16. The fraction of sp³-hybridized carbons (Fsp3) is 0.0952. The van der Waals surface area contributed by atoms with Crippen LogP contribution in [0.3, 0.4) is 0 Å². The van der Waals surface area contributed by atoms with Crippen LogP contribution in [0.15, 0.2) is 66.9 Å². The molecule has 2 heterocycles. The molecule has 0 saturated heterocycles. The molecule has 0 unspecified atom stereocenters. The number of nitrogens with zero attached hydrogens (tertiary/aromatic N) is 3. The van der Waals surface area contributed by atoms with Gasteiger partial charge in [0.05, 0.1) is 4.92 Å². The van der Waals surface area contributed by atoms with Crippen molar-refractivity contribution in [3.05, 3.63) is 88.1 Å². The van der Waals surface area contributed by atoms with Crippen molar-refractivity contribution in [2.24, 2.45) is 0 Å². The molecule has 0 atom stereocenters. The highest BCUT2D eigenvalue weighted by atomic mass is 16.6. The van der Waals surface area contributed by atoms with Crippen LogP contribution in [0.25, 0.3) is 16.9 Å². The highest BCUT2D eigenvalue weighted by molar-refractivity contribution is 5.80. The molecule has 4 rings (SSSR count). The summed E-state index contributed by atoms with van der Waals surface area (Å²) in [5, 5.41) is 14.4. The van der Waals surface area contributed by atoms with Crippen LogP contribution in [0.2, 0.25) is 0 Å². The smallest absolute Gasteiger partial charge is 0.269 e. The lowest BCUT2D eigenvalue weighted by atomic mass is 10.1. The first-order chi connectivity index (χ1) is 13.0. The van der Waals surface area contributed by atoms with Crippen molar-refractivity contribution in [2.75, 3.05) is 5.32 Å². The van der Waals surface area contributed by atoms with E-state index in [1.54, 1.807) is 12.1 Å². The summed E-state index contributed by atoms with van der Waals surface area (Å²) in [6.07, 6.45) is 2.02. The van der Waals surface area contributed by atoms with Gasteiger partial charge in [0.1, 0.15) is 17.2 Å².